The molecule has 0 aliphatic heterocycles. The van der Waals surface area contributed by atoms with Gasteiger partial charge in [-0.1, -0.05) is 30.3 Å². The summed E-state index contributed by atoms with van der Waals surface area (Å²) in [7, 11) is 1.61. The van der Waals surface area contributed by atoms with Crippen LogP contribution >= 0.6 is 0 Å². The highest BCUT2D eigenvalue weighted by atomic mass is 16.5. The maximum atomic E-state index is 12.0. The van der Waals surface area contributed by atoms with E-state index in [9.17, 15) is 4.79 Å². The van der Waals surface area contributed by atoms with Gasteiger partial charge >= 0.3 is 0 Å². The van der Waals surface area contributed by atoms with Crippen LogP contribution in [0.4, 0.5) is 0 Å². The maximum Gasteiger partial charge on any atom is 0.185 e. The van der Waals surface area contributed by atoms with Crippen molar-refractivity contribution in [2.45, 2.75) is 6.92 Å². The van der Waals surface area contributed by atoms with Crippen molar-refractivity contribution in [3.05, 3.63) is 71.3 Å². The molecule has 0 fully saturated rings. The summed E-state index contributed by atoms with van der Waals surface area (Å²) >= 11 is 0. The van der Waals surface area contributed by atoms with Crippen molar-refractivity contribution >= 4 is 11.9 Å². The van der Waals surface area contributed by atoms with Crippen LogP contribution in [-0.4, -0.2) is 12.9 Å². The largest absolute Gasteiger partial charge is 0.497 e. The van der Waals surface area contributed by atoms with Crippen LogP contribution in [0.15, 0.2) is 54.6 Å². The molecule has 0 aliphatic carbocycles. The second-order valence-electron chi connectivity index (χ2n) is 4.28. The zero-order chi connectivity index (χ0) is 13.7. The third-order valence-corrected chi connectivity index (χ3v) is 2.98. The Balaban J connectivity index is 2.14. The summed E-state index contributed by atoms with van der Waals surface area (Å²) in [6.07, 6.45) is 3.45. The molecule has 0 saturated heterocycles. The fraction of sp³-hybridized carbons (Fsp3) is 0.118. The van der Waals surface area contributed by atoms with Crippen LogP contribution in [-0.2, 0) is 0 Å². The van der Waals surface area contributed by atoms with Gasteiger partial charge in [0, 0.05) is 5.56 Å². The highest BCUT2D eigenvalue weighted by molar-refractivity contribution is 6.06. The predicted molar refractivity (Wildman–Crippen MR) is 77.5 cm³/mol. The Kier molecular flexibility index (Phi) is 4.14. The topological polar surface area (TPSA) is 26.3 Å². The van der Waals surface area contributed by atoms with Crippen molar-refractivity contribution in [2.75, 3.05) is 7.11 Å². The van der Waals surface area contributed by atoms with Gasteiger partial charge in [-0.25, -0.2) is 0 Å². The lowest BCUT2D eigenvalue weighted by Gasteiger charge is -2.01. The zero-order valence-electron chi connectivity index (χ0n) is 11.1. The Morgan fingerprint density at radius 3 is 2.37 bits per heavy atom. The molecule has 2 rings (SSSR count). The number of hydrogen-bond donors (Lipinski definition) is 0. The number of methoxy groups -OCH3 is 1. The number of ketones is 1. The molecule has 0 aromatic heterocycles. The molecular formula is C17H16O2. The van der Waals surface area contributed by atoms with Crippen LogP contribution in [0.25, 0.3) is 6.08 Å². The van der Waals surface area contributed by atoms with Crippen molar-refractivity contribution in [1.29, 1.82) is 0 Å². The first-order chi connectivity index (χ1) is 9.20. The van der Waals surface area contributed by atoms with Crippen LogP contribution in [0.3, 0.4) is 0 Å². The van der Waals surface area contributed by atoms with Crippen molar-refractivity contribution in [1.82, 2.24) is 0 Å². The van der Waals surface area contributed by atoms with E-state index >= 15 is 0 Å². The van der Waals surface area contributed by atoms with Gasteiger partial charge in [0.05, 0.1) is 7.11 Å². The molecule has 0 unspecified atom stereocenters. The van der Waals surface area contributed by atoms with Gasteiger partial charge in [0.2, 0.25) is 0 Å². The molecule has 0 atom stereocenters. The van der Waals surface area contributed by atoms with Gasteiger partial charge in [0.1, 0.15) is 5.75 Å². The third kappa shape index (κ3) is 3.32. The summed E-state index contributed by atoms with van der Waals surface area (Å²) in [5.41, 5.74) is 2.87. The summed E-state index contributed by atoms with van der Waals surface area (Å²) < 4.78 is 5.06. The maximum absolute atomic E-state index is 12.0. The van der Waals surface area contributed by atoms with E-state index in [1.165, 1.54) is 0 Å². The molecule has 0 amide bonds. The van der Waals surface area contributed by atoms with Crippen LogP contribution in [0.1, 0.15) is 21.5 Å². The molecule has 0 bridgehead atoms. The number of hydrogen-bond acceptors (Lipinski definition) is 2. The van der Waals surface area contributed by atoms with Gasteiger partial charge in [-0.2, -0.15) is 0 Å². The highest BCUT2D eigenvalue weighted by Crippen LogP contribution is 2.13. The molecule has 0 heterocycles. The van der Waals surface area contributed by atoms with E-state index in [-0.39, 0.29) is 5.78 Å². The summed E-state index contributed by atoms with van der Waals surface area (Å²) in [6.45, 7) is 2.03. The lowest BCUT2D eigenvalue weighted by molar-refractivity contribution is 0.104. The average molecular weight is 252 g/mol. The van der Waals surface area contributed by atoms with E-state index < -0.39 is 0 Å². The molecule has 0 saturated carbocycles. The average Bonchev–Trinajstić information content (AvgIpc) is 2.46. The number of benzene rings is 2. The molecule has 2 nitrogen and oxygen atoms in total. The molecule has 0 spiro atoms. The SMILES string of the molecule is COc1ccc(C(=O)/C=C/c2ccccc2C)cc1. The van der Waals surface area contributed by atoms with Crippen molar-refractivity contribution in [3.63, 3.8) is 0 Å². The number of carbonyl (C=O) groups is 1. The van der Waals surface area contributed by atoms with Crippen molar-refractivity contribution in [3.8, 4) is 5.75 Å². The van der Waals surface area contributed by atoms with Gasteiger partial charge < -0.3 is 4.74 Å². The monoisotopic (exact) mass is 252 g/mol. The Morgan fingerprint density at radius 1 is 1.05 bits per heavy atom. The van der Waals surface area contributed by atoms with Gasteiger partial charge in [-0.05, 0) is 48.4 Å². The van der Waals surface area contributed by atoms with Gasteiger partial charge in [-0.3, -0.25) is 4.79 Å². The van der Waals surface area contributed by atoms with Gasteiger partial charge in [0.15, 0.2) is 5.78 Å². The Bertz CT molecular complexity index is 595. The number of aryl methyl sites for hydroxylation is 1. The summed E-state index contributed by atoms with van der Waals surface area (Å²) in [5.74, 6) is 0.741. The third-order valence-electron chi connectivity index (χ3n) is 2.98. The van der Waals surface area contributed by atoms with Crippen LogP contribution in [0, 0.1) is 6.92 Å². The normalized spacial score (nSPS) is 10.6. The first-order valence-corrected chi connectivity index (χ1v) is 6.13. The van der Waals surface area contributed by atoms with Crippen molar-refractivity contribution < 1.29 is 9.53 Å². The van der Waals surface area contributed by atoms with Crippen LogP contribution in [0.2, 0.25) is 0 Å². The molecule has 2 heteroatoms. The summed E-state index contributed by atoms with van der Waals surface area (Å²) in [6, 6.07) is 15.1. The van der Waals surface area contributed by atoms with Crippen LogP contribution < -0.4 is 4.74 Å². The standard InChI is InChI=1S/C17H16O2/c1-13-5-3-4-6-14(13)9-12-17(18)15-7-10-16(19-2)11-8-15/h3-12H,1-2H3/b12-9+. The number of rotatable bonds is 4. The molecular weight excluding hydrogens is 236 g/mol. The number of allylic oxidation sites excluding steroid dienone is 1. The van der Waals surface area contributed by atoms with E-state index in [1.807, 2.05) is 37.3 Å². The molecule has 0 aliphatic rings. The second kappa shape index (κ2) is 6.01. The predicted octanol–water partition coefficient (Wildman–Crippen LogP) is 3.90. The molecule has 2 aromatic carbocycles. The number of ether oxygens (including phenoxy) is 1. The van der Waals surface area contributed by atoms with E-state index in [4.69, 9.17) is 4.74 Å². The molecule has 0 radical (unpaired) electrons. The minimum atomic E-state index is -0.00842. The number of carbonyl (C=O) groups excluding carboxylic acids is 1. The zero-order valence-corrected chi connectivity index (χ0v) is 11.1. The van der Waals surface area contributed by atoms with E-state index in [0.29, 0.717) is 5.56 Å². The van der Waals surface area contributed by atoms with E-state index in [1.54, 1.807) is 37.5 Å². The van der Waals surface area contributed by atoms with Crippen molar-refractivity contribution in [2.24, 2.45) is 0 Å². The first kappa shape index (κ1) is 13.1. The Hall–Kier alpha value is -2.35. The first-order valence-electron chi connectivity index (χ1n) is 6.13. The van der Waals surface area contributed by atoms with Crippen LogP contribution in [0.5, 0.6) is 5.75 Å². The molecule has 19 heavy (non-hydrogen) atoms. The minimum Gasteiger partial charge on any atom is -0.497 e. The molecule has 96 valence electrons. The van der Waals surface area contributed by atoms with Gasteiger partial charge in [-0.15, -0.1) is 0 Å². The smallest absolute Gasteiger partial charge is 0.185 e. The Morgan fingerprint density at radius 2 is 1.74 bits per heavy atom. The lowest BCUT2D eigenvalue weighted by Crippen LogP contribution is -1.94. The summed E-state index contributed by atoms with van der Waals surface area (Å²) in [5, 5.41) is 0. The Labute approximate surface area is 113 Å². The quantitative estimate of drug-likeness (QED) is 0.609. The van der Waals surface area contributed by atoms with E-state index in [2.05, 4.69) is 0 Å². The fourth-order valence-corrected chi connectivity index (χ4v) is 1.79. The minimum absolute atomic E-state index is 0.00842. The molecule has 0 N–H and O–H groups in total. The lowest BCUT2D eigenvalue weighted by atomic mass is 10.1. The van der Waals surface area contributed by atoms with E-state index in [0.717, 1.165) is 16.9 Å². The fourth-order valence-electron chi connectivity index (χ4n) is 1.79. The molecule has 2 aromatic rings. The van der Waals surface area contributed by atoms with Gasteiger partial charge in [0.25, 0.3) is 0 Å². The highest BCUT2D eigenvalue weighted by Gasteiger charge is 2.02. The second-order valence-corrected chi connectivity index (χ2v) is 4.28. The summed E-state index contributed by atoms with van der Waals surface area (Å²) in [4.78, 5) is 12.0.